The van der Waals surface area contributed by atoms with E-state index in [0.29, 0.717) is 21.7 Å². The average molecular weight is 457 g/mol. The van der Waals surface area contributed by atoms with Crippen molar-refractivity contribution in [1.82, 2.24) is 0 Å². The Labute approximate surface area is 210 Å². The minimum Gasteiger partial charge on any atom is -0.103 e. The quantitative estimate of drug-likeness (QED) is 0.370. The third kappa shape index (κ3) is 4.33. The standard InChI is InChI=1S/C31H52.C2H6.H2/c1-8-23(4)25-14-11-12-15-26-24-16-21-31(10-3)22-28(5,9-2)18-13-19-30(31,7)27(24)17-20-29(25,26)6;1-2;/h8-9,24-27H,2,10-22H2,1,3-7H3;1-2H3;1H/b23-8+;;/t24?,25?,26?,27-,28+,29+,30?,31?;;/m0../s1. The Hall–Kier alpha value is -0.520. The van der Waals surface area contributed by atoms with Crippen molar-refractivity contribution in [3.8, 4) is 0 Å². The van der Waals surface area contributed by atoms with Crippen LogP contribution in [0, 0.1) is 45.3 Å². The molecule has 4 fully saturated rings. The van der Waals surface area contributed by atoms with Crippen molar-refractivity contribution in [2.75, 3.05) is 0 Å². The van der Waals surface area contributed by atoms with Crippen LogP contribution in [0.4, 0.5) is 0 Å². The number of hydrogen-bond acceptors (Lipinski definition) is 0. The molecule has 0 saturated heterocycles. The van der Waals surface area contributed by atoms with Gasteiger partial charge in [0.1, 0.15) is 0 Å². The first-order chi connectivity index (χ1) is 15.7. The summed E-state index contributed by atoms with van der Waals surface area (Å²) in [5.41, 5.74) is 3.64. The third-order valence-electron chi connectivity index (χ3n) is 12.3. The van der Waals surface area contributed by atoms with Crippen LogP contribution in [0.2, 0.25) is 0 Å². The molecule has 0 N–H and O–H groups in total. The van der Waals surface area contributed by atoms with E-state index in [4.69, 9.17) is 0 Å². The van der Waals surface area contributed by atoms with Gasteiger partial charge in [-0.2, -0.15) is 0 Å². The van der Waals surface area contributed by atoms with E-state index < -0.39 is 0 Å². The van der Waals surface area contributed by atoms with Crippen LogP contribution >= 0.6 is 0 Å². The largest absolute Gasteiger partial charge is 0.103 e. The first-order valence-corrected chi connectivity index (χ1v) is 14.9. The van der Waals surface area contributed by atoms with Gasteiger partial charge < -0.3 is 0 Å². The van der Waals surface area contributed by atoms with Gasteiger partial charge in [0.2, 0.25) is 0 Å². The lowest BCUT2D eigenvalue weighted by atomic mass is 9.39. The van der Waals surface area contributed by atoms with E-state index in [1.807, 2.05) is 13.8 Å². The summed E-state index contributed by atoms with van der Waals surface area (Å²) in [6.07, 6.45) is 23.6. The Morgan fingerprint density at radius 2 is 1.61 bits per heavy atom. The molecule has 0 aromatic heterocycles. The lowest BCUT2D eigenvalue weighted by Gasteiger charge is -2.65. The molecule has 33 heavy (non-hydrogen) atoms. The van der Waals surface area contributed by atoms with E-state index in [2.05, 4.69) is 60.3 Å². The van der Waals surface area contributed by atoms with Crippen molar-refractivity contribution in [2.45, 2.75) is 139 Å². The maximum absolute atomic E-state index is 4.31. The topological polar surface area (TPSA) is 0 Å². The molecule has 0 aromatic rings. The number of allylic oxidation sites excluding steroid dienone is 3. The molecular formula is C33H60. The molecule has 0 heteroatoms. The molecule has 0 bridgehead atoms. The number of hydrogen-bond donors (Lipinski definition) is 0. The molecule has 0 heterocycles. The second-order valence-electron chi connectivity index (χ2n) is 13.3. The highest BCUT2D eigenvalue weighted by Gasteiger charge is 2.62. The summed E-state index contributed by atoms with van der Waals surface area (Å²) in [7, 11) is 0. The molecule has 8 atom stereocenters. The zero-order chi connectivity index (χ0) is 24.5. The Balaban J connectivity index is 0.00000133. The van der Waals surface area contributed by atoms with E-state index in [-0.39, 0.29) is 1.43 Å². The van der Waals surface area contributed by atoms with Gasteiger partial charge in [-0.25, -0.2) is 0 Å². The summed E-state index contributed by atoms with van der Waals surface area (Å²) < 4.78 is 0. The zero-order valence-electron chi connectivity index (χ0n) is 23.9. The van der Waals surface area contributed by atoms with Gasteiger partial charge >= 0.3 is 0 Å². The van der Waals surface area contributed by atoms with Crippen LogP contribution in [0.3, 0.4) is 0 Å². The van der Waals surface area contributed by atoms with E-state index in [9.17, 15) is 0 Å². The Bertz CT molecular complexity index is 707. The lowest BCUT2D eigenvalue weighted by Crippen LogP contribution is -2.57. The lowest BCUT2D eigenvalue weighted by molar-refractivity contribution is -0.158. The van der Waals surface area contributed by atoms with Crippen LogP contribution in [-0.4, -0.2) is 0 Å². The predicted molar refractivity (Wildman–Crippen MR) is 149 cm³/mol. The van der Waals surface area contributed by atoms with Gasteiger partial charge in [-0.3, -0.25) is 0 Å². The number of fused-ring (bicyclic) bond motifs is 5. The molecule has 4 saturated carbocycles. The van der Waals surface area contributed by atoms with Crippen molar-refractivity contribution in [1.29, 1.82) is 0 Å². The fourth-order valence-corrected chi connectivity index (χ4v) is 10.3. The zero-order valence-corrected chi connectivity index (χ0v) is 23.9. The molecule has 0 radical (unpaired) electrons. The van der Waals surface area contributed by atoms with Crippen molar-refractivity contribution >= 4 is 0 Å². The summed E-state index contributed by atoms with van der Waals surface area (Å²) in [6, 6.07) is 0. The third-order valence-corrected chi connectivity index (χ3v) is 12.3. The predicted octanol–water partition coefficient (Wildman–Crippen LogP) is 11.0. The van der Waals surface area contributed by atoms with Crippen LogP contribution in [-0.2, 0) is 0 Å². The summed E-state index contributed by atoms with van der Waals surface area (Å²) in [5, 5.41) is 0. The molecule has 4 aliphatic rings. The van der Waals surface area contributed by atoms with Crippen LogP contribution in [0.25, 0.3) is 0 Å². The van der Waals surface area contributed by atoms with Crippen molar-refractivity contribution in [3.05, 3.63) is 24.3 Å². The van der Waals surface area contributed by atoms with E-state index in [0.717, 1.165) is 23.7 Å². The monoisotopic (exact) mass is 456 g/mol. The second kappa shape index (κ2) is 10.2. The summed E-state index contributed by atoms with van der Waals surface area (Å²) in [6.45, 7) is 23.6. The molecule has 0 aromatic carbocycles. The summed E-state index contributed by atoms with van der Waals surface area (Å²) >= 11 is 0. The summed E-state index contributed by atoms with van der Waals surface area (Å²) in [5.74, 6) is 3.71. The molecule has 0 nitrogen and oxygen atoms in total. The van der Waals surface area contributed by atoms with Crippen molar-refractivity contribution in [2.24, 2.45) is 45.3 Å². The minimum atomic E-state index is 0. The Morgan fingerprint density at radius 1 is 0.909 bits per heavy atom. The fraction of sp³-hybridized carbons (Fsp3) is 0.879. The van der Waals surface area contributed by atoms with Crippen LogP contribution in [0.15, 0.2) is 24.3 Å². The molecule has 4 aliphatic carbocycles. The van der Waals surface area contributed by atoms with Gasteiger partial charge in [0.25, 0.3) is 0 Å². The van der Waals surface area contributed by atoms with Crippen molar-refractivity contribution < 1.29 is 1.43 Å². The van der Waals surface area contributed by atoms with E-state index in [1.165, 1.54) is 83.5 Å². The molecule has 0 aliphatic heterocycles. The Morgan fingerprint density at radius 3 is 2.24 bits per heavy atom. The van der Waals surface area contributed by atoms with Gasteiger partial charge in [-0.15, -0.1) is 6.58 Å². The molecule has 4 rings (SSSR count). The van der Waals surface area contributed by atoms with E-state index in [1.54, 1.807) is 5.57 Å². The molecule has 0 spiro atoms. The second-order valence-corrected chi connectivity index (χ2v) is 13.3. The van der Waals surface area contributed by atoms with Gasteiger partial charge in [-0.1, -0.05) is 78.5 Å². The van der Waals surface area contributed by atoms with Gasteiger partial charge in [-0.05, 0) is 123 Å². The van der Waals surface area contributed by atoms with Gasteiger partial charge in [0.15, 0.2) is 0 Å². The maximum Gasteiger partial charge on any atom is 0 e. The van der Waals surface area contributed by atoms with E-state index >= 15 is 0 Å². The molecule has 192 valence electrons. The van der Waals surface area contributed by atoms with Crippen LogP contribution < -0.4 is 0 Å². The van der Waals surface area contributed by atoms with Gasteiger partial charge in [0, 0.05) is 1.43 Å². The smallest absolute Gasteiger partial charge is 0 e. The summed E-state index contributed by atoms with van der Waals surface area (Å²) in [4.78, 5) is 0. The average Bonchev–Trinajstić information content (AvgIpc) is 3.07. The minimum absolute atomic E-state index is 0. The normalized spacial score (nSPS) is 48.1. The van der Waals surface area contributed by atoms with Crippen LogP contribution in [0.5, 0.6) is 0 Å². The highest BCUT2D eigenvalue weighted by molar-refractivity contribution is 5.17. The first kappa shape index (κ1) is 27.1. The SMILES string of the molecule is C=C[C@]1(C)CCCC2(C)[C@H]3CC[C@]4(C)C(/C(C)=C/C)CCCCC4C3CCC2(CC)C1.CC.[HH]. The molecule has 5 unspecified atom stereocenters. The van der Waals surface area contributed by atoms with Crippen LogP contribution in [0.1, 0.15) is 140 Å². The molecular weight excluding hydrogens is 396 g/mol. The molecule has 0 amide bonds. The van der Waals surface area contributed by atoms with Gasteiger partial charge in [0.05, 0.1) is 0 Å². The first-order valence-electron chi connectivity index (χ1n) is 14.9. The fourth-order valence-electron chi connectivity index (χ4n) is 10.3. The highest BCUT2D eigenvalue weighted by atomic mass is 14.7. The highest BCUT2D eigenvalue weighted by Crippen LogP contribution is 2.71. The Kier molecular flexibility index (Phi) is 8.39. The maximum atomic E-state index is 4.31. The number of rotatable bonds is 3. The van der Waals surface area contributed by atoms with Crippen molar-refractivity contribution in [3.63, 3.8) is 0 Å².